The van der Waals surface area contributed by atoms with Gasteiger partial charge in [0.05, 0.1) is 5.92 Å². The second kappa shape index (κ2) is 5.36. The maximum absolute atomic E-state index is 11.1. The molecule has 17 heavy (non-hydrogen) atoms. The van der Waals surface area contributed by atoms with Crippen LogP contribution in [0.4, 0.5) is 0 Å². The van der Waals surface area contributed by atoms with Crippen LogP contribution < -0.4 is 5.32 Å². The molecule has 0 bridgehead atoms. The Morgan fingerprint density at radius 2 is 1.88 bits per heavy atom. The predicted octanol–water partition coefficient (Wildman–Crippen LogP) is 1.31. The molecule has 0 spiro atoms. The molecule has 2 fully saturated rings. The van der Waals surface area contributed by atoms with E-state index in [1.807, 2.05) is 0 Å². The van der Waals surface area contributed by atoms with Crippen molar-refractivity contribution in [3.8, 4) is 0 Å². The number of carboxylic acids is 1. The summed E-state index contributed by atoms with van der Waals surface area (Å²) in [6.07, 6.45) is 4.61. The standard InChI is InChI=1S/C13H24N2O2/c1-9-4-3-5-10(2)15(9)12-6-11(13(16)17)7-14-8-12/h9-12,14H,3-8H2,1-2H3,(H,16,17)/t9-,10+,11?,12?. The van der Waals surface area contributed by atoms with E-state index in [0.29, 0.717) is 24.7 Å². The Hall–Kier alpha value is -0.610. The lowest BCUT2D eigenvalue weighted by Gasteiger charge is -2.46. The molecule has 0 aromatic heterocycles. The number of likely N-dealkylation sites (tertiary alicyclic amines) is 1. The van der Waals surface area contributed by atoms with Crippen LogP contribution in [0, 0.1) is 5.92 Å². The maximum atomic E-state index is 11.1. The summed E-state index contributed by atoms with van der Waals surface area (Å²) in [7, 11) is 0. The number of piperidine rings is 2. The van der Waals surface area contributed by atoms with E-state index in [2.05, 4.69) is 24.1 Å². The van der Waals surface area contributed by atoms with Crippen molar-refractivity contribution in [2.75, 3.05) is 13.1 Å². The van der Waals surface area contributed by atoms with E-state index in [9.17, 15) is 4.79 Å². The predicted molar refractivity (Wildman–Crippen MR) is 67.0 cm³/mol. The highest BCUT2D eigenvalue weighted by Crippen LogP contribution is 2.28. The second-order valence-electron chi connectivity index (χ2n) is 5.66. The molecule has 2 unspecified atom stereocenters. The average molecular weight is 240 g/mol. The van der Waals surface area contributed by atoms with Gasteiger partial charge in [-0.05, 0) is 33.1 Å². The minimum Gasteiger partial charge on any atom is -0.481 e. The third-order valence-corrected chi connectivity index (χ3v) is 4.36. The zero-order chi connectivity index (χ0) is 12.4. The first kappa shape index (κ1) is 12.8. The van der Waals surface area contributed by atoms with Crippen LogP contribution in [0.2, 0.25) is 0 Å². The molecule has 4 heteroatoms. The molecule has 2 N–H and O–H groups in total. The van der Waals surface area contributed by atoms with Gasteiger partial charge in [-0.25, -0.2) is 0 Å². The first-order valence-corrected chi connectivity index (χ1v) is 6.80. The zero-order valence-corrected chi connectivity index (χ0v) is 10.9. The van der Waals surface area contributed by atoms with Crippen molar-refractivity contribution >= 4 is 5.97 Å². The molecule has 0 saturated carbocycles. The van der Waals surface area contributed by atoms with Crippen molar-refractivity contribution in [3.05, 3.63) is 0 Å². The fourth-order valence-electron chi connectivity index (χ4n) is 3.50. The van der Waals surface area contributed by atoms with Crippen molar-refractivity contribution in [3.63, 3.8) is 0 Å². The van der Waals surface area contributed by atoms with Crippen LogP contribution in [0.3, 0.4) is 0 Å². The summed E-state index contributed by atoms with van der Waals surface area (Å²) < 4.78 is 0. The van der Waals surface area contributed by atoms with Crippen LogP contribution in [-0.2, 0) is 4.79 Å². The van der Waals surface area contributed by atoms with E-state index in [-0.39, 0.29) is 5.92 Å². The van der Waals surface area contributed by atoms with E-state index in [4.69, 9.17) is 5.11 Å². The van der Waals surface area contributed by atoms with Gasteiger partial charge in [-0.15, -0.1) is 0 Å². The summed E-state index contributed by atoms with van der Waals surface area (Å²) in [6, 6.07) is 1.59. The molecule has 2 rings (SSSR count). The molecule has 2 heterocycles. The van der Waals surface area contributed by atoms with Crippen molar-refractivity contribution in [1.29, 1.82) is 0 Å². The fourth-order valence-corrected chi connectivity index (χ4v) is 3.50. The highest BCUT2D eigenvalue weighted by atomic mass is 16.4. The molecule has 2 aliphatic heterocycles. The minimum atomic E-state index is -0.653. The third-order valence-electron chi connectivity index (χ3n) is 4.36. The fraction of sp³-hybridized carbons (Fsp3) is 0.923. The number of carbonyl (C=O) groups is 1. The van der Waals surface area contributed by atoms with E-state index >= 15 is 0 Å². The van der Waals surface area contributed by atoms with Crippen LogP contribution in [0.15, 0.2) is 0 Å². The van der Waals surface area contributed by atoms with Crippen LogP contribution in [-0.4, -0.2) is 47.2 Å². The molecular weight excluding hydrogens is 216 g/mol. The number of aliphatic carboxylic acids is 1. The first-order chi connectivity index (χ1) is 8.09. The van der Waals surface area contributed by atoms with Crippen molar-refractivity contribution < 1.29 is 9.90 Å². The Kier molecular flexibility index (Phi) is 4.05. The number of hydrogen-bond donors (Lipinski definition) is 2. The number of rotatable bonds is 2. The highest BCUT2D eigenvalue weighted by Gasteiger charge is 2.35. The largest absolute Gasteiger partial charge is 0.481 e. The van der Waals surface area contributed by atoms with E-state index in [0.717, 1.165) is 13.0 Å². The van der Waals surface area contributed by atoms with Gasteiger partial charge in [0.2, 0.25) is 0 Å². The Labute approximate surface area is 103 Å². The smallest absolute Gasteiger partial charge is 0.307 e. The van der Waals surface area contributed by atoms with Crippen molar-refractivity contribution in [1.82, 2.24) is 10.2 Å². The summed E-state index contributed by atoms with van der Waals surface area (Å²) in [6.45, 7) is 6.13. The van der Waals surface area contributed by atoms with Crippen LogP contribution in [0.5, 0.6) is 0 Å². The lowest BCUT2D eigenvalue weighted by atomic mass is 9.89. The highest BCUT2D eigenvalue weighted by molar-refractivity contribution is 5.70. The molecule has 4 atom stereocenters. The number of carboxylic acid groups (broad SMARTS) is 1. The van der Waals surface area contributed by atoms with Crippen molar-refractivity contribution in [2.45, 2.75) is 57.7 Å². The Morgan fingerprint density at radius 1 is 1.24 bits per heavy atom. The van der Waals surface area contributed by atoms with Gasteiger partial charge in [0.25, 0.3) is 0 Å². The van der Waals surface area contributed by atoms with Gasteiger partial charge in [-0.1, -0.05) is 6.42 Å². The van der Waals surface area contributed by atoms with Crippen LogP contribution in [0.1, 0.15) is 39.5 Å². The second-order valence-corrected chi connectivity index (χ2v) is 5.66. The molecule has 98 valence electrons. The summed E-state index contributed by atoms with van der Waals surface area (Å²) in [4.78, 5) is 13.6. The van der Waals surface area contributed by atoms with Gasteiger partial charge in [0, 0.05) is 31.2 Å². The molecule has 0 amide bonds. The summed E-state index contributed by atoms with van der Waals surface area (Å²) in [5, 5.41) is 12.4. The normalized spacial score (nSPS) is 40.1. The number of nitrogens with zero attached hydrogens (tertiary/aromatic N) is 1. The monoisotopic (exact) mass is 240 g/mol. The maximum Gasteiger partial charge on any atom is 0.307 e. The Bertz CT molecular complexity index is 273. The molecule has 0 radical (unpaired) electrons. The van der Waals surface area contributed by atoms with Crippen LogP contribution >= 0.6 is 0 Å². The lowest BCUT2D eigenvalue weighted by Crippen LogP contribution is -2.57. The lowest BCUT2D eigenvalue weighted by molar-refractivity contribution is -0.143. The Balaban J connectivity index is 2.02. The molecule has 2 saturated heterocycles. The zero-order valence-electron chi connectivity index (χ0n) is 10.9. The summed E-state index contributed by atoms with van der Waals surface area (Å²) in [5.41, 5.74) is 0. The molecule has 4 nitrogen and oxygen atoms in total. The van der Waals surface area contributed by atoms with Crippen molar-refractivity contribution in [2.24, 2.45) is 5.92 Å². The van der Waals surface area contributed by atoms with Gasteiger partial charge in [0.1, 0.15) is 0 Å². The molecule has 0 aliphatic carbocycles. The van der Waals surface area contributed by atoms with Gasteiger partial charge < -0.3 is 10.4 Å². The number of nitrogens with one attached hydrogen (secondary N) is 1. The first-order valence-electron chi connectivity index (χ1n) is 6.80. The average Bonchev–Trinajstić information content (AvgIpc) is 2.29. The molecule has 2 aliphatic rings. The molecular formula is C13H24N2O2. The van der Waals surface area contributed by atoms with E-state index < -0.39 is 5.97 Å². The third kappa shape index (κ3) is 2.80. The number of hydrogen-bond acceptors (Lipinski definition) is 3. The molecule has 0 aromatic carbocycles. The topological polar surface area (TPSA) is 52.6 Å². The summed E-state index contributed by atoms with van der Waals surface area (Å²) >= 11 is 0. The van der Waals surface area contributed by atoms with Gasteiger partial charge in [0.15, 0.2) is 0 Å². The van der Waals surface area contributed by atoms with Gasteiger partial charge in [-0.2, -0.15) is 0 Å². The summed E-state index contributed by atoms with van der Waals surface area (Å²) in [5.74, 6) is -0.866. The minimum absolute atomic E-state index is 0.213. The molecule has 0 aromatic rings. The van der Waals surface area contributed by atoms with Gasteiger partial charge >= 0.3 is 5.97 Å². The van der Waals surface area contributed by atoms with Crippen LogP contribution in [0.25, 0.3) is 0 Å². The quantitative estimate of drug-likeness (QED) is 0.764. The Morgan fingerprint density at radius 3 is 2.47 bits per heavy atom. The van der Waals surface area contributed by atoms with E-state index in [1.165, 1.54) is 19.3 Å². The van der Waals surface area contributed by atoms with Gasteiger partial charge in [-0.3, -0.25) is 9.69 Å². The van der Waals surface area contributed by atoms with E-state index in [1.54, 1.807) is 0 Å². The SMILES string of the molecule is C[C@@H]1CCC[C@H](C)N1C1CNCC(C(=O)O)C1.